The first-order valence-electron chi connectivity index (χ1n) is 5.74. The lowest BCUT2D eigenvalue weighted by molar-refractivity contribution is 0.262. The van der Waals surface area contributed by atoms with Gasteiger partial charge in [0, 0.05) is 17.1 Å². The maximum absolute atomic E-state index is 13.1. The molecular formula is C14H14FN3O. The standard InChI is InChI=1S/C14H14FN3O/c1-9-7-12(5-6-13(9)15)18-14(19)17-11-4-2-3-10(16)8-11/h2-8H,16H2,1H3,(H2,17,18,19). The first-order valence-corrected chi connectivity index (χ1v) is 5.74. The van der Waals surface area contributed by atoms with Crippen LogP contribution in [0.2, 0.25) is 0 Å². The highest BCUT2D eigenvalue weighted by Gasteiger charge is 2.04. The number of hydrogen-bond donors (Lipinski definition) is 3. The Bertz CT molecular complexity index is 613. The van der Waals surface area contributed by atoms with Crippen molar-refractivity contribution >= 4 is 23.1 Å². The summed E-state index contributed by atoms with van der Waals surface area (Å²) in [6, 6.07) is 10.8. The van der Waals surface area contributed by atoms with E-state index in [0.29, 0.717) is 22.6 Å². The minimum absolute atomic E-state index is 0.304. The molecule has 2 amide bonds. The highest BCUT2D eigenvalue weighted by molar-refractivity contribution is 6.00. The summed E-state index contributed by atoms with van der Waals surface area (Å²) in [6.45, 7) is 1.64. The second-order valence-corrected chi connectivity index (χ2v) is 4.17. The molecule has 2 aromatic rings. The molecule has 0 fully saturated rings. The van der Waals surface area contributed by atoms with E-state index in [-0.39, 0.29) is 5.82 Å². The van der Waals surface area contributed by atoms with E-state index >= 15 is 0 Å². The number of nitrogens with two attached hydrogens (primary N) is 1. The van der Waals surface area contributed by atoms with Gasteiger partial charge >= 0.3 is 6.03 Å². The number of carbonyl (C=O) groups excluding carboxylic acids is 1. The van der Waals surface area contributed by atoms with E-state index in [0.717, 1.165) is 0 Å². The Morgan fingerprint density at radius 2 is 1.79 bits per heavy atom. The number of nitrogen functional groups attached to an aromatic ring is 1. The predicted octanol–water partition coefficient (Wildman–Crippen LogP) is 3.36. The molecule has 4 nitrogen and oxygen atoms in total. The summed E-state index contributed by atoms with van der Waals surface area (Å²) in [4.78, 5) is 11.7. The van der Waals surface area contributed by atoms with Gasteiger partial charge in [0.1, 0.15) is 5.82 Å². The highest BCUT2D eigenvalue weighted by atomic mass is 19.1. The van der Waals surface area contributed by atoms with E-state index in [9.17, 15) is 9.18 Å². The number of rotatable bonds is 2. The van der Waals surface area contributed by atoms with Crippen LogP contribution in [0.25, 0.3) is 0 Å². The van der Waals surface area contributed by atoms with Crippen LogP contribution in [-0.4, -0.2) is 6.03 Å². The fourth-order valence-corrected chi connectivity index (χ4v) is 1.63. The topological polar surface area (TPSA) is 67.2 Å². The van der Waals surface area contributed by atoms with E-state index < -0.39 is 6.03 Å². The van der Waals surface area contributed by atoms with E-state index in [4.69, 9.17) is 5.73 Å². The quantitative estimate of drug-likeness (QED) is 0.724. The van der Waals surface area contributed by atoms with Gasteiger partial charge in [-0.25, -0.2) is 9.18 Å². The maximum atomic E-state index is 13.1. The molecule has 0 aromatic heterocycles. The van der Waals surface area contributed by atoms with Crippen molar-refractivity contribution in [2.45, 2.75) is 6.92 Å². The minimum atomic E-state index is -0.406. The molecule has 0 saturated carbocycles. The lowest BCUT2D eigenvalue weighted by atomic mass is 10.2. The van der Waals surface area contributed by atoms with Crippen molar-refractivity contribution in [3.63, 3.8) is 0 Å². The molecule has 98 valence electrons. The fraction of sp³-hybridized carbons (Fsp3) is 0.0714. The van der Waals surface area contributed by atoms with Crippen molar-refractivity contribution in [3.05, 3.63) is 53.8 Å². The smallest absolute Gasteiger partial charge is 0.323 e. The Morgan fingerprint density at radius 1 is 1.11 bits per heavy atom. The molecular weight excluding hydrogens is 245 g/mol. The third kappa shape index (κ3) is 3.45. The van der Waals surface area contributed by atoms with Crippen LogP contribution in [-0.2, 0) is 0 Å². The van der Waals surface area contributed by atoms with E-state index in [1.54, 1.807) is 37.3 Å². The van der Waals surface area contributed by atoms with Crippen LogP contribution in [0.4, 0.5) is 26.2 Å². The number of aryl methyl sites for hydroxylation is 1. The number of carbonyl (C=O) groups is 1. The Labute approximate surface area is 110 Å². The summed E-state index contributed by atoms with van der Waals surface area (Å²) in [5.74, 6) is -0.304. The van der Waals surface area contributed by atoms with Crippen LogP contribution in [0.15, 0.2) is 42.5 Å². The van der Waals surface area contributed by atoms with Gasteiger partial charge in [0.15, 0.2) is 0 Å². The van der Waals surface area contributed by atoms with Gasteiger partial charge in [-0.2, -0.15) is 0 Å². The Hall–Kier alpha value is -2.56. The minimum Gasteiger partial charge on any atom is -0.399 e. The molecule has 2 rings (SSSR count). The summed E-state index contributed by atoms with van der Waals surface area (Å²) in [6.07, 6.45) is 0. The van der Waals surface area contributed by atoms with Gasteiger partial charge in [0.2, 0.25) is 0 Å². The Kier molecular flexibility index (Phi) is 3.66. The molecule has 0 bridgehead atoms. The zero-order valence-corrected chi connectivity index (χ0v) is 10.4. The zero-order valence-electron chi connectivity index (χ0n) is 10.4. The van der Waals surface area contributed by atoms with Crippen molar-refractivity contribution in [1.82, 2.24) is 0 Å². The second kappa shape index (κ2) is 5.39. The molecule has 0 aliphatic rings. The van der Waals surface area contributed by atoms with E-state index in [2.05, 4.69) is 10.6 Å². The van der Waals surface area contributed by atoms with Crippen LogP contribution in [0, 0.1) is 12.7 Å². The largest absolute Gasteiger partial charge is 0.399 e. The van der Waals surface area contributed by atoms with Gasteiger partial charge in [0.05, 0.1) is 0 Å². The van der Waals surface area contributed by atoms with Gasteiger partial charge in [-0.1, -0.05) is 6.07 Å². The molecule has 2 aromatic carbocycles. The molecule has 0 saturated heterocycles. The molecule has 4 N–H and O–H groups in total. The Morgan fingerprint density at radius 3 is 2.42 bits per heavy atom. The number of benzene rings is 2. The van der Waals surface area contributed by atoms with Gasteiger partial charge in [-0.3, -0.25) is 0 Å². The van der Waals surface area contributed by atoms with Crippen LogP contribution < -0.4 is 16.4 Å². The van der Waals surface area contributed by atoms with E-state index in [1.165, 1.54) is 12.1 Å². The van der Waals surface area contributed by atoms with Crippen molar-refractivity contribution in [2.75, 3.05) is 16.4 Å². The molecule has 0 heterocycles. The number of anilines is 3. The average molecular weight is 259 g/mol. The fourth-order valence-electron chi connectivity index (χ4n) is 1.63. The number of halogens is 1. The highest BCUT2D eigenvalue weighted by Crippen LogP contribution is 2.15. The molecule has 0 aliphatic carbocycles. The van der Waals surface area contributed by atoms with Gasteiger partial charge in [0.25, 0.3) is 0 Å². The van der Waals surface area contributed by atoms with Gasteiger partial charge in [-0.15, -0.1) is 0 Å². The lowest BCUT2D eigenvalue weighted by Gasteiger charge is -2.09. The summed E-state index contributed by atoms with van der Waals surface area (Å²) < 4.78 is 13.1. The molecule has 0 radical (unpaired) electrons. The predicted molar refractivity (Wildman–Crippen MR) is 74.6 cm³/mol. The maximum Gasteiger partial charge on any atom is 0.323 e. The normalized spacial score (nSPS) is 10.0. The van der Waals surface area contributed by atoms with Gasteiger partial charge in [-0.05, 0) is 48.9 Å². The van der Waals surface area contributed by atoms with Crippen molar-refractivity contribution in [3.8, 4) is 0 Å². The van der Waals surface area contributed by atoms with Crippen molar-refractivity contribution in [2.24, 2.45) is 0 Å². The Balaban J connectivity index is 2.03. The van der Waals surface area contributed by atoms with Crippen LogP contribution >= 0.6 is 0 Å². The summed E-state index contributed by atoms with van der Waals surface area (Å²) in [5, 5.41) is 5.26. The molecule has 0 atom stereocenters. The SMILES string of the molecule is Cc1cc(NC(=O)Nc2cccc(N)c2)ccc1F. The van der Waals surface area contributed by atoms with Crippen molar-refractivity contribution < 1.29 is 9.18 Å². The number of amides is 2. The number of urea groups is 1. The number of hydrogen-bond acceptors (Lipinski definition) is 2. The lowest BCUT2D eigenvalue weighted by Crippen LogP contribution is -2.19. The molecule has 0 unspecified atom stereocenters. The first kappa shape index (κ1) is 12.9. The van der Waals surface area contributed by atoms with Crippen LogP contribution in [0.3, 0.4) is 0 Å². The number of nitrogens with one attached hydrogen (secondary N) is 2. The monoisotopic (exact) mass is 259 g/mol. The van der Waals surface area contributed by atoms with Crippen LogP contribution in [0.5, 0.6) is 0 Å². The summed E-state index contributed by atoms with van der Waals surface area (Å²) >= 11 is 0. The molecule has 0 aliphatic heterocycles. The third-order valence-corrected chi connectivity index (χ3v) is 2.56. The van der Waals surface area contributed by atoms with E-state index in [1.807, 2.05) is 0 Å². The first-order chi connectivity index (χ1) is 9.04. The van der Waals surface area contributed by atoms with Gasteiger partial charge < -0.3 is 16.4 Å². The molecule has 0 spiro atoms. The molecule has 19 heavy (non-hydrogen) atoms. The third-order valence-electron chi connectivity index (χ3n) is 2.56. The molecule has 5 heteroatoms. The zero-order chi connectivity index (χ0) is 13.8. The van der Waals surface area contributed by atoms with Crippen molar-refractivity contribution in [1.29, 1.82) is 0 Å². The summed E-state index contributed by atoms with van der Waals surface area (Å²) in [5.41, 5.74) is 7.77. The average Bonchev–Trinajstić information content (AvgIpc) is 2.34. The summed E-state index contributed by atoms with van der Waals surface area (Å²) in [7, 11) is 0. The van der Waals surface area contributed by atoms with Crippen LogP contribution in [0.1, 0.15) is 5.56 Å². The second-order valence-electron chi connectivity index (χ2n) is 4.17.